The van der Waals surface area contributed by atoms with Gasteiger partial charge in [-0.25, -0.2) is 0 Å². The van der Waals surface area contributed by atoms with Crippen molar-refractivity contribution in [3.63, 3.8) is 0 Å². The summed E-state index contributed by atoms with van der Waals surface area (Å²) in [6.07, 6.45) is 6.95. The molecule has 1 atom stereocenters. The fourth-order valence-corrected chi connectivity index (χ4v) is 1.72. The molecule has 3 N–H and O–H groups in total. The maximum Gasteiger partial charge on any atom is 0.221 e. The van der Waals surface area contributed by atoms with Gasteiger partial charge in [0.2, 0.25) is 5.91 Å². The van der Waals surface area contributed by atoms with Gasteiger partial charge in [-0.1, -0.05) is 13.3 Å². The lowest BCUT2D eigenvalue weighted by molar-refractivity contribution is -0.121. The number of unbranched alkanes of at least 4 members (excludes halogenated alkanes) is 2. The van der Waals surface area contributed by atoms with Gasteiger partial charge in [-0.3, -0.25) is 4.79 Å². The van der Waals surface area contributed by atoms with Crippen LogP contribution >= 0.6 is 11.8 Å². The van der Waals surface area contributed by atoms with E-state index in [-0.39, 0.29) is 11.9 Å². The van der Waals surface area contributed by atoms with Crippen molar-refractivity contribution in [3.05, 3.63) is 0 Å². The molecule has 0 bridgehead atoms. The second-order valence-electron chi connectivity index (χ2n) is 3.78. The van der Waals surface area contributed by atoms with E-state index in [0.717, 1.165) is 19.4 Å². The summed E-state index contributed by atoms with van der Waals surface area (Å²) in [6.45, 7) is 2.80. The van der Waals surface area contributed by atoms with E-state index in [0.29, 0.717) is 6.42 Å². The minimum atomic E-state index is 0.0153. The smallest absolute Gasteiger partial charge is 0.221 e. The number of carbonyl (C=O) groups is 1. The molecule has 4 heteroatoms. The van der Waals surface area contributed by atoms with Gasteiger partial charge < -0.3 is 11.1 Å². The molecule has 0 aliphatic carbocycles. The quantitative estimate of drug-likeness (QED) is 0.596. The molecular formula is C11H24N2OS. The van der Waals surface area contributed by atoms with Gasteiger partial charge in [0.15, 0.2) is 0 Å². The molecule has 1 unspecified atom stereocenters. The first-order valence-corrected chi connectivity index (χ1v) is 7.11. The number of carbonyl (C=O) groups excluding carboxylic acids is 1. The number of amides is 1. The fraction of sp³-hybridized carbons (Fsp3) is 0.909. The first kappa shape index (κ1) is 14.8. The zero-order chi connectivity index (χ0) is 11.5. The number of hydrogen-bond donors (Lipinski definition) is 2. The van der Waals surface area contributed by atoms with E-state index in [9.17, 15) is 4.79 Å². The SMILES string of the molecule is CCC(N)CC(=O)NCCCCCSC. The van der Waals surface area contributed by atoms with Crippen molar-refractivity contribution in [1.82, 2.24) is 5.32 Å². The number of hydrogen-bond acceptors (Lipinski definition) is 3. The lowest BCUT2D eigenvalue weighted by Gasteiger charge is -2.09. The molecule has 0 heterocycles. The van der Waals surface area contributed by atoms with Crippen molar-refractivity contribution in [2.24, 2.45) is 5.73 Å². The Morgan fingerprint density at radius 3 is 2.73 bits per heavy atom. The Bertz CT molecular complexity index is 165. The molecule has 90 valence electrons. The second kappa shape index (κ2) is 10.3. The summed E-state index contributed by atoms with van der Waals surface area (Å²) in [5.41, 5.74) is 5.68. The molecule has 0 aromatic rings. The van der Waals surface area contributed by atoms with Crippen LogP contribution in [0.3, 0.4) is 0 Å². The van der Waals surface area contributed by atoms with Gasteiger partial charge in [-0.2, -0.15) is 11.8 Å². The van der Waals surface area contributed by atoms with Crippen molar-refractivity contribution in [1.29, 1.82) is 0 Å². The van der Waals surface area contributed by atoms with Gasteiger partial charge in [0.05, 0.1) is 0 Å². The zero-order valence-electron chi connectivity index (χ0n) is 9.92. The molecule has 3 nitrogen and oxygen atoms in total. The van der Waals surface area contributed by atoms with Gasteiger partial charge in [-0.15, -0.1) is 0 Å². The summed E-state index contributed by atoms with van der Waals surface area (Å²) in [6, 6.07) is 0.0153. The minimum absolute atomic E-state index is 0.0153. The summed E-state index contributed by atoms with van der Waals surface area (Å²) in [7, 11) is 0. The number of thioether (sulfide) groups is 1. The van der Waals surface area contributed by atoms with Gasteiger partial charge >= 0.3 is 0 Å². The zero-order valence-corrected chi connectivity index (χ0v) is 10.7. The molecule has 0 saturated heterocycles. The number of nitrogens with one attached hydrogen (secondary N) is 1. The van der Waals surface area contributed by atoms with Gasteiger partial charge in [0.1, 0.15) is 0 Å². The lowest BCUT2D eigenvalue weighted by atomic mass is 10.1. The summed E-state index contributed by atoms with van der Waals surface area (Å²) in [5.74, 6) is 1.31. The van der Waals surface area contributed by atoms with E-state index in [1.54, 1.807) is 0 Å². The second-order valence-corrected chi connectivity index (χ2v) is 4.76. The molecule has 1 amide bonds. The topological polar surface area (TPSA) is 55.1 Å². The summed E-state index contributed by atoms with van der Waals surface area (Å²) < 4.78 is 0. The third-order valence-corrected chi connectivity index (χ3v) is 3.02. The molecule has 0 fully saturated rings. The predicted molar refractivity (Wildman–Crippen MR) is 68.1 cm³/mol. The van der Waals surface area contributed by atoms with E-state index in [2.05, 4.69) is 11.6 Å². The van der Waals surface area contributed by atoms with E-state index in [1.165, 1.54) is 18.6 Å². The van der Waals surface area contributed by atoms with Gasteiger partial charge in [-0.05, 0) is 31.3 Å². The molecule has 0 aromatic heterocycles. The average Bonchev–Trinajstić information content (AvgIpc) is 2.23. The van der Waals surface area contributed by atoms with Gasteiger partial charge in [0, 0.05) is 19.0 Å². The Morgan fingerprint density at radius 1 is 1.40 bits per heavy atom. The average molecular weight is 232 g/mol. The molecule has 15 heavy (non-hydrogen) atoms. The van der Waals surface area contributed by atoms with Crippen LogP contribution in [0.1, 0.15) is 39.0 Å². The molecular weight excluding hydrogens is 208 g/mol. The minimum Gasteiger partial charge on any atom is -0.356 e. The highest BCUT2D eigenvalue weighted by Gasteiger charge is 2.05. The Morgan fingerprint density at radius 2 is 2.13 bits per heavy atom. The Hall–Kier alpha value is -0.220. The highest BCUT2D eigenvalue weighted by molar-refractivity contribution is 7.98. The first-order valence-electron chi connectivity index (χ1n) is 5.72. The van der Waals surface area contributed by atoms with E-state index >= 15 is 0 Å². The van der Waals surface area contributed by atoms with E-state index in [4.69, 9.17) is 5.73 Å². The number of nitrogens with two attached hydrogens (primary N) is 1. The Balaban J connectivity index is 3.24. The highest BCUT2D eigenvalue weighted by atomic mass is 32.2. The third kappa shape index (κ3) is 10.1. The summed E-state index contributed by atoms with van der Waals surface area (Å²) in [5, 5.41) is 2.90. The predicted octanol–water partition coefficient (Wildman–Crippen LogP) is 1.76. The van der Waals surface area contributed by atoms with Crippen LogP contribution in [-0.4, -0.2) is 30.5 Å². The standard InChI is InChI=1S/C11H24N2OS/c1-3-10(12)9-11(14)13-7-5-4-6-8-15-2/h10H,3-9,12H2,1-2H3,(H,13,14). The normalized spacial score (nSPS) is 12.5. The fourth-order valence-electron chi connectivity index (χ4n) is 1.23. The Labute approximate surface area is 97.6 Å². The monoisotopic (exact) mass is 232 g/mol. The molecule has 0 saturated carbocycles. The molecule has 0 radical (unpaired) electrons. The van der Waals surface area contributed by atoms with E-state index < -0.39 is 0 Å². The van der Waals surface area contributed by atoms with Crippen LogP contribution < -0.4 is 11.1 Å². The summed E-state index contributed by atoms with van der Waals surface area (Å²) >= 11 is 1.87. The van der Waals surface area contributed by atoms with Crippen molar-refractivity contribution in [2.75, 3.05) is 18.6 Å². The Kier molecular flexibility index (Phi) is 10.2. The lowest BCUT2D eigenvalue weighted by Crippen LogP contribution is -2.31. The third-order valence-electron chi connectivity index (χ3n) is 2.32. The summed E-state index contributed by atoms with van der Waals surface area (Å²) in [4.78, 5) is 11.3. The van der Waals surface area contributed by atoms with Crippen molar-refractivity contribution < 1.29 is 4.79 Å². The molecule has 0 aliphatic rings. The van der Waals surface area contributed by atoms with Crippen LogP contribution in [0.4, 0.5) is 0 Å². The molecule has 0 spiro atoms. The van der Waals surface area contributed by atoms with Crippen molar-refractivity contribution in [3.8, 4) is 0 Å². The number of rotatable bonds is 9. The van der Waals surface area contributed by atoms with Crippen molar-refractivity contribution >= 4 is 17.7 Å². The first-order chi connectivity index (χ1) is 7.20. The molecule has 0 rings (SSSR count). The maximum absolute atomic E-state index is 11.3. The maximum atomic E-state index is 11.3. The van der Waals surface area contributed by atoms with Crippen molar-refractivity contribution in [2.45, 2.75) is 45.1 Å². The van der Waals surface area contributed by atoms with Crippen LogP contribution in [0.2, 0.25) is 0 Å². The van der Waals surface area contributed by atoms with Crippen LogP contribution in [0.5, 0.6) is 0 Å². The molecule has 0 aliphatic heterocycles. The van der Waals surface area contributed by atoms with Crippen LogP contribution in [0.25, 0.3) is 0 Å². The highest BCUT2D eigenvalue weighted by Crippen LogP contribution is 2.01. The van der Waals surface area contributed by atoms with Crippen LogP contribution in [0, 0.1) is 0 Å². The van der Waals surface area contributed by atoms with Crippen LogP contribution in [0.15, 0.2) is 0 Å². The van der Waals surface area contributed by atoms with Gasteiger partial charge in [0.25, 0.3) is 0 Å². The van der Waals surface area contributed by atoms with E-state index in [1.807, 2.05) is 18.7 Å². The van der Waals surface area contributed by atoms with Crippen LogP contribution in [-0.2, 0) is 4.79 Å². The molecule has 0 aromatic carbocycles. The largest absolute Gasteiger partial charge is 0.356 e.